The largest absolute Gasteiger partial charge is 0.496 e. The summed E-state index contributed by atoms with van der Waals surface area (Å²) in [5, 5.41) is 5.64. The second-order valence-corrected chi connectivity index (χ2v) is 4.80. The molecule has 4 heteroatoms. The molecule has 0 heterocycles. The topological polar surface area (TPSA) is 50.4 Å². The second kappa shape index (κ2) is 7.67. The van der Waals surface area contributed by atoms with Crippen molar-refractivity contribution in [3.05, 3.63) is 29.3 Å². The van der Waals surface area contributed by atoms with Crippen LogP contribution in [0.3, 0.4) is 0 Å². The van der Waals surface area contributed by atoms with Gasteiger partial charge in [-0.1, -0.05) is 19.1 Å². The Morgan fingerprint density at radius 2 is 2.11 bits per heavy atom. The van der Waals surface area contributed by atoms with Gasteiger partial charge in [0.2, 0.25) is 0 Å². The monoisotopic (exact) mass is 264 g/mol. The van der Waals surface area contributed by atoms with E-state index in [1.165, 1.54) is 5.56 Å². The number of carbonyl (C=O) groups is 1. The third-order valence-electron chi connectivity index (χ3n) is 2.85. The molecule has 19 heavy (non-hydrogen) atoms. The van der Waals surface area contributed by atoms with Crippen LogP contribution in [0.5, 0.6) is 5.75 Å². The van der Waals surface area contributed by atoms with Crippen molar-refractivity contribution in [1.82, 2.24) is 10.6 Å². The molecule has 2 N–H and O–H groups in total. The van der Waals surface area contributed by atoms with Crippen LogP contribution < -0.4 is 15.4 Å². The van der Waals surface area contributed by atoms with E-state index in [4.69, 9.17) is 4.74 Å². The first-order valence-electron chi connectivity index (χ1n) is 6.77. The van der Waals surface area contributed by atoms with Crippen LogP contribution >= 0.6 is 0 Å². The summed E-state index contributed by atoms with van der Waals surface area (Å²) in [4.78, 5) is 11.5. The molecule has 4 nitrogen and oxygen atoms in total. The van der Waals surface area contributed by atoms with Crippen LogP contribution in [-0.4, -0.2) is 25.7 Å². The van der Waals surface area contributed by atoms with Crippen LogP contribution in [0, 0.1) is 0 Å². The molecule has 1 rings (SSSR count). The summed E-state index contributed by atoms with van der Waals surface area (Å²) < 4.78 is 5.34. The number of amides is 2. The van der Waals surface area contributed by atoms with E-state index in [0.717, 1.165) is 24.2 Å². The van der Waals surface area contributed by atoms with Crippen molar-refractivity contribution < 1.29 is 9.53 Å². The Bertz CT molecular complexity index is 417. The lowest BCUT2D eigenvalue weighted by Gasteiger charge is -2.12. The van der Waals surface area contributed by atoms with E-state index in [0.29, 0.717) is 6.54 Å². The minimum Gasteiger partial charge on any atom is -0.496 e. The van der Waals surface area contributed by atoms with Crippen molar-refractivity contribution in [2.75, 3.05) is 13.7 Å². The van der Waals surface area contributed by atoms with Crippen molar-refractivity contribution in [3.63, 3.8) is 0 Å². The second-order valence-electron chi connectivity index (χ2n) is 4.80. The Balaban J connectivity index is 2.54. The molecule has 0 aliphatic rings. The zero-order valence-electron chi connectivity index (χ0n) is 12.2. The molecule has 0 aliphatic heterocycles. The van der Waals surface area contributed by atoms with Crippen molar-refractivity contribution in [2.24, 2.45) is 0 Å². The number of hydrogen-bond acceptors (Lipinski definition) is 2. The molecule has 0 spiro atoms. The van der Waals surface area contributed by atoms with Crippen molar-refractivity contribution in [3.8, 4) is 5.75 Å². The standard InChI is InChI=1S/C15H24N2O2/c1-5-12-6-7-14(19-4)13(10-12)8-9-16-15(18)17-11(2)3/h6-7,10-11H,5,8-9H2,1-4H3,(H2,16,17,18). The highest BCUT2D eigenvalue weighted by molar-refractivity contribution is 5.74. The van der Waals surface area contributed by atoms with Crippen LogP contribution in [0.2, 0.25) is 0 Å². The quantitative estimate of drug-likeness (QED) is 0.829. The Hall–Kier alpha value is -1.71. The summed E-state index contributed by atoms with van der Waals surface area (Å²) in [6.07, 6.45) is 1.76. The van der Waals surface area contributed by atoms with Gasteiger partial charge in [0, 0.05) is 12.6 Å². The SMILES string of the molecule is CCc1ccc(OC)c(CCNC(=O)NC(C)C)c1. The molecule has 0 unspecified atom stereocenters. The van der Waals surface area contributed by atoms with Crippen molar-refractivity contribution in [2.45, 2.75) is 39.7 Å². The molecule has 0 saturated carbocycles. The van der Waals surface area contributed by atoms with E-state index >= 15 is 0 Å². The van der Waals surface area contributed by atoms with Gasteiger partial charge in [0.25, 0.3) is 0 Å². The number of urea groups is 1. The first-order valence-corrected chi connectivity index (χ1v) is 6.77. The number of hydrogen-bond donors (Lipinski definition) is 2. The minimum atomic E-state index is -0.124. The van der Waals surface area contributed by atoms with Crippen LogP contribution in [0.1, 0.15) is 31.9 Å². The molecular weight excluding hydrogens is 240 g/mol. The fourth-order valence-electron chi connectivity index (χ4n) is 1.87. The number of benzene rings is 1. The van der Waals surface area contributed by atoms with Gasteiger partial charge in [0.1, 0.15) is 5.75 Å². The molecule has 1 aromatic rings. The molecule has 0 saturated heterocycles. The average Bonchev–Trinajstić information content (AvgIpc) is 2.37. The predicted molar refractivity (Wildman–Crippen MR) is 77.7 cm³/mol. The number of ether oxygens (including phenoxy) is 1. The lowest BCUT2D eigenvalue weighted by atomic mass is 10.1. The van der Waals surface area contributed by atoms with Crippen LogP contribution in [0.25, 0.3) is 0 Å². The highest BCUT2D eigenvalue weighted by Crippen LogP contribution is 2.20. The van der Waals surface area contributed by atoms with Gasteiger partial charge in [-0.15, -0.1) is 0 Å². The van der Waals surface area contributed by atoms with Gasteiger partial charge >= 0.3 is 6.03 Å². The third-order valence-corrected chi connectivity index (χ3v) is 2.85. The Morgan fingerprint density at radius 3 is 2.68 bits per heavy atom. The summed E-state index contributed by atoms with van der Waals surface area (Å²) in [6, 6.07) is 6.23. The maximum Gasteiger partial charge on any atom is 0.314 e. The Kier molecular flexibility index (Phi) is 6.19. The number of carbonyl (C=O) groups excluding carboxylic acids is 1. The highest BCUT2D eigenvalue weighted by Gasteiger charge is 2.06. The van der Waals surface area contributed by atoms with Gasteiger partial charge in [-0.25, -0.2) is 4.79 Å². The third kappa shape index (κ3) is 5.20. The number of nitrogens with one attached hydrogen (secondary N) is 2. The molecule has 0 aromatic heterocycles. The smallest absolute Gasteiger partial charge is 0.314 e. The molecule has 1 aromatic carbocycles. The zero-order valence-corrected chi connectivity index (χ0v) is 12.2. The van der Waals surface area contributed by atoms with Crippen LogP contribution in [0.4, 0.5) is 4.79 Å². The minimum absolute atomic E-state index is 0.124. The van der Waals surface area contributed by atoms with Crippen molar-refractivity contribution >= 4 is 6.03 Å². The van der Waals surface area contributed by atoms with E-state index in [1.807, 2.05) is 19.9 Å². The summed E-state index contributed by atoms with van der Waals surface area (Å²) in [6.45, 7) is 6.60. The van der Waals surface area contributed by atoms with Crippen LogP contribution in [-0.2, 0) is 12.8 Å². The molecule has 0 atom stereocenters. The lowest BCUT2D eigenvalue weighted by Crippen LogP contribution is -2.40. The highest BCUT2D eigenvalue weighted by atomic mass is 16.5. The molecule has 0 aliphatic carbocycles. The maximum absolute atomic E-state index is 11.5. The van der Waals surface area contributed by atoms with E-state index in [9.17, 15) is 4.79 Å². The lowest BCUT2D eigenvalue weighted by molar-refractivity contribution is 0.238. The number of methoxy groups -OCH3 is 1. The first kappa shape index (κ1) is 15.3. The summed E-state index contributed by atoms with van der Waals surface area (Å²) >= 11 is 0. The van der Waals surface area contributed by atoms with E-state index in [1.54, 1.807) is 7.11 Å². The summed E-state index contributed by atoms with van der Waals surface area (Å²) in [5.74, 6) is 0.878. The van der Waals surface area contributed by atoms with Gasteiger partial charge in [-0.3, -0.25) is 0 Å². The predicted octanol–water partition coefficient (Wildman–Crippen LogP) is 2.51. The van der Waals surface area contributed by atoms with Gasteiger partial charge < -0.3 is 15.4 Å². The molecule has 0 bridgehead atoms. The molecule has 106 valence electrons. The molecule has 0 radical (unpaired) electrons. The number of rotatable bonds is 6. The molecule has 2 amide bonds. The summed E-state index contributed by atoms with van der Waals surface area (Å²) in [7, 11) is 1.67. The molecule has 0 fully saturated rings. The molecular formula is C15H24N2O2. The summed E-state index contributed by atoms with van der Waals surface area (Å²) in [5.41, 5.74) is 2.41. The van der Waals surface area contributed by atoms with Gasteiger partial charge in [-0.05, 0) is 43.9 Å². The van der Waals surface area contributed by atoms with Gasteiger partial charge in [0.15, 0.2) is 0 Å². The van der Waals surface area contributed by atoms with Gasteiger partial charge in [0.05, 0.1) is 7.11 Å². The Morgan fingerprint density at radius 1 is 1.37 bits per heavy atom. The zero-order chi connectivity index (χ0) is 14.3. The van der Waals surface area contributed by atoms with E-state index < -0.39 is 0 Å². The first-order chi connectivity index (χ1) is 9.06. The van der Waals surface area contributed by atoms with E-state index in [-0.39, 0.29) is 12.1 Å². The average molecular weight is 264 g/mol. The fraction of sp³-hybridized carbons (Fsp3) is 0.533. The maximum atomic E-state index is 11.5. The Labute approximate surface area is 115 Å². The van der Waals surface area contributed by atoms with Crippen molar-refractivity contribution in [1.29, 1.82) is 0 Å². The fourth-order valence-corrected chi connectivity index (χ4v) is 1.87. The normalized spacial score (nSPS) is 10.4. The van der Waals surface area contributed by atoms with E-state index in [2.05, 4.69) is 29.7 Å². The number of aryl methyl sites for hydroxylation is 1. The van der Waals surface area contributed by atoms with Gasteiger partial charge in [-0.2, -0.15) is 0 Å². The van der Waals surface area contributed by atoms with Crippen LogP contribution in [0.15, 0.2) is 18.2 Å².